The number of hydrogen-bond donors (Lipinski definition) is 2. The van der Waals surface area contributed by atoms with Crippen LogP contribution in [-0.4, -0.2) is 24.9 Å². The zero-order valence-electron chi connectivity index (χ0n) is 12.8. The van der Waals surface area contributed by atoms with Gasteiger partial charge in [0.25, 0.3) is 0 Å². The highest BCUT2D eigenvalue weighted by Crippen LogP contribution is 2.21. The lowest BCUT2D eigenvalue weighted by Crippen LogP contribution is -2.39. The number of ether oxygens (including phenoxy) is 1. The monoisotopic (exact) mass is 314 g/mol. The van der Waals surface area contributed by atoms with Gasteiger partial charge in [-0.2, -0.15) is 0 Å². The van der Waals surface area contributed by atoms with Crippen LogP contribution in [0.4, 0.5) is 0 Å². The van der Waals surface area contributed by atoms with E-state index in [0.717, 1.165) is 6.61 Å². The van der Waals surface area contributed by atoms with Gasteiger partial charge in [-0.3, -0.25) is 0 Å². The van der Waals surface area contributed by atoms with E-state index < -0.39 is 0 Å². The van der Waals surface area contributed by atoms with Gasteiger partial charge in [0, 0.05) is 13.2 Å². The molecule has 2 aromatic carbocycles. The first-order valence-corrected chi connectivity index (χ1v) is 7.94. The molecule has 116 valence electrons. The Morgan fingerprint density at radius 1 is 1.00 bits per heavy atom. The third kappa shape index (κ3) is 5.13. The molecule has 0 amide bonds. The van der Waals surface area contributed by atoms with Gasteiger partial charge in [0.05, 0.1) is 12.6 Å². The van der Waals surface area contributed by atoms with E-state index in [-0.39, 0.29) is 6.04 Å². The molecule has 2 rings (SSSR count). The van der Waals surface area contributed by atoms with Crippen LogP contribution in [0.3, 0.4) is 0 Å². The fourth-order valence-corrected chi connectivity index (χ4v) is 2.43. The summed E-state index contributed by atoms with van der Waals surface area (Å²) in [5.74, 6) is 0. The lowest BCUT2D eigenvalue weighted by atomic mass is 9.99. The molecule has 0 aliphatic rings. The van der Waals surface area contributed by atoms with E-state index >= 15 is 0 Å². The summed E-state index contributed by atoms with van der Waals surface area (Å²) in [7, 11) is 0. The molecule has 2 N–H and O–H groups in total. The van der Waals surface area contributed by atoms with Crippen LogP contribution in [0.1, 0.15) is 24.1 Å². The van der Waals surface area contributed by atoms with Gasteiger partial charge in [-0.05, 0) is 30.3 Å². The summed E-state index contributed by atoms with van der Waals surface area (Å²) in [6, 6.07) is 20.7. The predicted octanol–water partition coefficient (Wildman–Crippen LogP) is 3.28. The maximum absolute atomic E-state index is 5.40. The van der Waals surface area contributed by atoms with Crippen LogP contribution in [-0.2, 0) is 4.74 Å². The van der Waals surface area contributed by atoms with Gasteiger partial charge in [-0.1, -0.05) is 60.7 Å². The van der Waals surface area contributed by atoms with E-state index in [1.807, 2.05) is 43.3 Å². The first-order chi connectivity index (χ1) is 10.8. The average Bonchev–Trinajstić information content (AvgIpc) is 2.58. The molecule has 0 aliphatic carbocycles. The molecule has 0 atom stereocenters. The van der Waals surface area contributed by atoms with Crippen molar-refractivity contribution in [2.75, 3.05) is 19.8 Å². The maximum atomic E-state index is 5.40. The normalized spacial score (nSPS) is 10.5. The summed E-state index contributed by atoms with van der Waals surface area (Å²) in [6.07, 6.45) is 0. The Hall–Kier alpha value is -1.91. The summed E-state index contributed by atoms with van der Waals surface area (Å²) >= 11 is 5.40. The van der Waals surface area contributed by atoms with Crippen molar-refractivity contribution in [1.82, 2.24) is 10.6 Å². The molecule has 0 saturated carbocycles. The molecule has 4 heteroatoms. The standard InChI is InChI=1S/C18H22N2OS/c1-2-21-14-13-19-18(22)20-17(15-9-5-3-6-10-15)16-11-7-4-8-12-16/h3-12,17H,2,13-14H2,1H3,(H2,19,20,22). The quantitative estimate of drug-likeness (QED) is 0.607. The van der Waals surface area contributed by atoms with Crippen LogP contribution in [0.2, 0.25) is 0 Å². The minimum atomic E-state index is 0.0366. The molecule has 0 radical (unpaired) electrons. The third-order valence-corrected chi connectivity index (χ3v) is 3.54. The number of benzene rings is 2. The highest BCUT2D eigenvalue weighted by Gasteiger charge is 2.14. The molecule has 0 spiro atoms. The Morgan fingerprint density at radius 2 is 1.55 bits per heavy atom. The van der Waals surface area contributed by atoms with Gasteiger partial charge < -0.3 is 15.4 Å². The van der Waals surface area contributed by atoms with E-state index in [2.05, 4.69) is 34.9 Å². The van der Waals surface area contributed by atoms with Crippen molar-refractivity contribution in [3.05, 3.63) is 71.8 Å². The Kier molecular flexibility index (Phi) is 6.87. The minimum absolute atomic E-state index is 0.0366. The van der Waals surface area contributed by atoms with E-state index in [1.54, 1.807) is 0 Å². The summed E-state index contributed by atoms with van der Waals surface area (Å²) in [4.78, 5) is 0. The van der Waals surface area contributed by atoms with Crippen LogP contribution < -0.4 is 10.6 Å². The molecule has 3 nitrogen and oxygen atoms in total. The van der Waals surface area contributed by atoms with Crippen LogP contribution in [0.15, 0.2) is 60.7 Å². The number of rotatable bonds is 7. The van der Waals surface area contributed by atoms with E-state index in [1.165, 1.54) is 11.1 Å². The minimum Gasteiger partial charge on any atom is -0.380 e. The lowest BCUT2D eigenvalue weighted by Gasteiger charge is -2.22. The van der Waals surface area contributed by atoms with Crippen molar-refractivity contribution in [2.24, 2.45) is 0 Å². The van der Waals surface area contributed by atoms with Gasteiger partial charge in [-0.15, -0.1) is 0 Å². The lowest BCUT2D eigenvalue weighted by molar-refractivity contribution is 0.152. The van der Waals surface area contributed by atoms with Crippen molar-refractivity contribution in [2.45, 2.75) is 13.0 Å². The van der Waals surface area contributed by atoms with Gasteiger partial charge in [0.1, 0.15) is 0 Å². The predicted molar refractivity (Wildman–Crippen MR) is 95.0 cm³/mol. The first-order valence-electron chi connectivity index (χ1n) is 7.53. The zero-order chi connectivity index (χ0) is 15.6. The van der Waals surface area contributed by atoms with Crippen molar-refractivity contribution >= 4 is 17.3 Å². The second-order valence-corrected chi connectivity index (χ2v) is 5.26. The van der Waals surface area contributed by atoms with Crippen molar-refractivity contribution in [3.8, 4) is 0 Å². The smallest absolute Gasteiger partial charge is 0.167 e. The number of thiocarbonyl (C=S) groups is 1. The van der Waals surface area contributed by atoms with Crippen LogP contribution in [0.5, 0.6) is 0 Å². The molecule has 0 unspecified atom stereocenters. The topological polar surface area (TPSA) is 33.3 Å². The first kappa shape index (κ1) is 16.5. The Morgan fingerprint density at radius 3 is 2.05 bits per heavy atom. The van der Waals surface area contributed by atoms with Gasteiger partial charge in [0.15, 0.2) is 5.11 Å². The number of hydrogen-bond acceptors (Lipinski definition) is 2. The summed E-state index contributed by atoms with van der Waals surface area (Å²) in [5.41, 5.74) is 2.37. The molecule has 0 aromatic heterocycles. The molecule has 0 fully saturated rings. The van der Waals surface area contributed by atoms with Gasteiger partial charge >= 0.3 is 0 Å². The van der Waals surface area contributed by atoms with E-state index in [9.17, 15) is 0 Å². The van der Waals surface area contributed by atoms with Crippen LogP contribution in [0.25, 0.3) is 0 Å². The van der Waals surface area contributed by atoms with E-state index in [0.29, 0.717) is 18.3 Å². The van der Waals surface area contributed by atoms with Crippen LogP contribution in [0, 0.1) is 0 Å². The molecular weight excluding hydrogens is 292 g/mol. The molecular formula is C18H22N2OS. The summed E-state index contributed by atoms with van der Waals surface area (Å²) in [5, 5.41) is 7.21. The van der Waals surface area contributed by atoms with Crippen molar-refractivity contribution in [1.29, 1.82) is 0 Å². The molecule has 22 heavy (non-hydrogen) atoms. The second kappa shape index (κ2) is 9.18. The largest absolute Gasteiger partial charge is 0.380 e. The fourth-order valence-electron chi connectivity index (χ4n) is 2.21. The number of nitrogens with one attached hydrogen (secondary N) is 2. The summed E-state index contributed by atoms with van der Waals surface area (Å²) in [6.45, 7) is 4.06. The molecule has 0 heterocycles. The third-order valence-electron chi connectivity index (χ3n) is 3.28. The molecule has 0 saturated heterocycles. The SMILES string of the molecule is CCOCCNC(=S)NC(c1ccccc1)c1ccccc1. The average molecular weight is 314 g/mol. The van der Waals surface area contributed by atoms with Crippen LogP contribution >= 0.6 is 12.2 Å². The fraction of sp³-hybridized carbons (Fsp3) is 0.278. The highest BCUT2D eigenvalue weighted by molar-refractivity contribution is 7.80. The Labute approximate surface area is 137 Å². The second-order valence-electron chi connectivity index (χ2n) is 4.85. The summed E-state index contributed by atoms with van der Waals surface area (Å²) < 4.78 is 5.31. The van der Waals surface area contributed by atoms with Crippen molar-refractivity contribution < 1.29 is 4.74 Å². The molecule has 2 aromatic rings. The Balaban J connectivity index is 2.04. The zero-order valence-corrected chi connectivity index (χ0v) is 13.6. The molecule has 0 aliphatic heterocycles. The van der Waals surface area contributed by atoms with Crippen molar-refractivity contribution in [3.63, 3.8) is 0 Å². The van der Waals surface area contributed by atoms with Gasteiger partial charge in [-0.25, -0.2) is 0 Å². The Bertz CT molecular complexity index is 520. The van der Waals surface area contributed by atoms with Gasteiger partial charge in [0.2, 0.25) is 0 Å². The van der Waals surface area contributed by atoms with E-state index in [4.69, 9.17) is 17.0 Å². The maximum Gasteiger partial charge on any atom is 0.167 e. The molecule has 0 bridgehead atoms. The highest BCUT2D eigenvalue weighted by atomic mass is 32.1.